The molecule has 1 saturated heterocycles. The van der Waals surface area contributed by atoms with E-state index in [0.717, 1.165) is 16.7 Å². The summed E-state index contributed by atoms with van der Waals surface area (Å²) in [6, 6.07) is 8.82. The molecule has 0 spiro atoms. The molecule has 1 aliphatic rings. The maximum absolute atomic E-state index is 10.2. The Labute approximate surface area is 182 Å². The summed E-state index contributed by atoms with van der Waals surface area (Å²) in [5, 5.41) is 14.6. The first-order valence-electron chi connectivity index (χ1n) is 10.7. The van der Waals surface area contributed by atoms with Gasteiger partial charge in [0.1, 0.15) is 0 Å². The zero-order valence-corrected chi connectivity index (χ0v) is 18.5. The summed E-state index contributed by atoms with van der Waals surface area (Å²) in [5.41, 5.74) is 7.59. The Morgan fingerprint density at radius 1 is 1.10 bits per heavy atom. The van der Waals surface area contributed by atoms with E-state index in [1.54, 1.807) is 12.4 Å². The standard InChI is InChI=1S/C23H30N6O2/c1-15(2)23(4,18-7-5-16(6-8-18)17-13-25-20(24)26-14-17)19-27-21(31-28-19)29-11-9-22(3,30)10-12-29/h5-8,13-15,30H,9-12H2,1-4H3,(H2,24,25,26)/t23-/m0/s1. The van der Waals surface area contributed by atoms with Gasteiger partial charge in [-0.05, 0) is 43.7 Å². The largest absolute Gasteiger partial charge is 0.390 e. The molecule has 0 unspecified atom stereocenters. The van der Waals surface area contributed by atoms with Crippen molar-refractivity contribution in [3.8, 4) is 11.1 Å². The van der Waals surface area contributed by atoms with Gasteiger partial charge in [-0.25, -0.2) is 9.97 Å². The predicted octanol–water partition coefficient (Wildman–Crippen LogP) is 3.42. The predicted molar refractivity (Wildman–Crippen MR) is 120 cm³/mol. The molecule has 1 atom stereocenters. The Kier molecular flexibility index (Phi) is 5.43. The van der Waals surface area contributed by atoms with Crippen LogP contribution in [0.25, 0.3) is 11.1 Å². The molecule has 1 fully saturated rings. The van der Waals surface area contributed by atoms with Gasteiger partial charge in [0.15, 0.2) is 5.82 Å². The molecular formula is C23H30N6O2. The molecule has 2 aromatic heterocycles. The molecule has 4 rings (SSSR count). The lowest BCUT2D eigenvalue weighted by atomic mass is 9.72. The average Bonchev–Trinajstić information content (AvgIpc) is 3.24. The number of piperidine rings is 1. The normalized spacial score (nSPS) is 18.2. The van der Waals surface area contributed by atoms with Gasteiger partial charge in [-0.15, -0.1) is 0 Å². The number of hydrogen-bond acceptors (Lipinski definition) is 8. The molecule has 1 aromatic carbocycles. The summed E-state index contributed by atoms with van der Waals surface area (Å²) in [5.74, 6) is 1.17. The molecule has 3 heterocycles. The van der Waals surface area contributed by atoms with Crippen LogP contribution in [0.3, 0.4) is 0 Å². The van der Waals surface area contributed by atoms with Crippen LogP contribution in [0.5, 0.6) is 0 Å². The Bertz CT molecular complexity index is 1020. The van der Waals surface area contributed by atoms with Gasteiger partial charge in [0.05, 0.1) is 11.0 Å². The number of anilines is 2. The number of rotatable bonds is 5. The molecule has 0 saturated carbocycles. The van der Waals surface area contributed by atoms with Crippen LogP contribution in [0.15, 0.2) is 41.2 Å². The summed E-state index contributed by atoms with van der Waals surface area (Å²) in [7, 11) is 0. The van der Waals surface area contributed by atoms with Crippen molar-refractivity contribution in [1.29, 1.82) is 0 Å². The fourth-order valence-electron chi connectivity index (χ4n) is 3.95. The number of aromatic nitrogens is 4. The number of benzene rings is 1. The minimum absolute atomic E-state index is 0.241. The van der Waals surface area contributed by atoms with Crippen molar-refractivity contribution < 1.29 is 9.63 Å². The lowest BCUT2D eigenvalue weighted by molar-refractivity contribution is 0.0341. The highest BCUT2D eigenvalue weighted by Gasteiger charge is 2.38. The lowest BCUT2D eigenvalue weighted by Crippen LogP contribution is -2.42. The van der Waals surface area contributed by atoms with Gasteiger partial charge >= 0.3 is 6.01 Å². The van der Waals surface area contributed by atoms with Gasteiger partial charge in [0.25, 0.3) is 0 Å². The van der Waals surface area contributed by atoms with E-state index in [9.17, 15) is 5.11 Å². The monoisotopic (exact) mass is 422 g/mol. The van der Waals surface area contributed by atoms with Crippen molar-refractivity contribution in [1.82, 2.24) is 20.1 Å². The van der Waals surface area contributed by atoms with Gasteiger partial charge in [0, 0.05) is 31.0 Å². The van der Waals surface area contributed by atoms with Crippen molar-refractivity contribution in [2.45, 2.75) is 51.6 Å². The zero-order chi connectivity index (χ0) is 22.2. The maximum atomic E-state index is 10.2. The fourth-order valence-corrected chi connectivity index (χ4v) is 3.95. The summed E-state index contributed by atoms with van der Waals surface area (Å²) < 4.78 is 5.65. The van der Waals surface area contributed by atoms with E-state index < -0.39 is 11.0 Å². The minimum atomic E-state index is -0.622. The molecule has 0 radical (unpaired) electrons. The van der Waals surface area contributed by atoms with Crippen LogP contribution < -0.4 is 10.6 Å². The Morgan fingerprint density at radius 3 is 2.29 bits per heavy atom. The van der Waals surface area contributed by atoms with Crippen molar-refractivity contribution in [3.05, 3.63) is 48.0 Å². The second-order valence-electron chi connectivity index (χ2n) is 9.15. The van der Waals surface area contributed by atoms with E-state index in [1.165, 1.54) is 0 Å². The second kappa shape index (κ2) is 7.92. The Balaban J connectivity index is 1.61. The Morgan fingerprint density at radius 2 is 1.71 bits per heavy atom. The molecule has 3 aromatic rings. The minimum Gasteiger partial charge on any atom is -0.390 e. The van der Waals surface area contributed by atoms with Crippen molar-refractivity contribution in [3.63, 3.8) is 0 Å². The van der Waals surface area contributed by atoms with Crippen LogP contribution in [-0.2, 0) is 5.41 Å². The maximum Gasteiger partial charge on any atom is 0.324 e. The highest BCUT2D eigenvalue weighted by atomic mass is 16.5. The lowest BCUT2D eigenvalue weighted by Gasteiger charge is -2.34. The van der Waals surface area contributed by atoms with Crippen LogP contribution in [0.2, 0.25) is 0 Å². The van der Waals surface area contributed by atoms with Crippen molar-refractivity contribution in [2.75, 3.05) is 23.7 Å². The fraction of sp³-hybridized carbons (Fsp3) is 0.478. The van der Waals surface area contributed by atoms with E-state index >= 15 is 0 Å². The molecule has 3 N–H and O–H groups in total. The third kappa shape index (κ3) is 4.12. The molecule has 31 heavy (non-hydrogen) atoms. The van der Waals surface area contributed by atoms with Crippen molar-refractivity contribution in [2.24, 2.45) is 5.92 Å². The van der Waals surface area contributed by atoms with Gasteiger partial charge in [-0.2, -0.15) is 4.98 Å². The van der Waals surface area contributed by atoms with E-state index in [2.05, 4.69) is 65.1 Å². The number of hydrogen-bond donors (Lipinski definition) is 2. The second-order valence-corrected chi connectivity index (χ2v) is 9.15. The average molecular weight is 423 g/mol. The quantitative estimate of drug-likeness (QED) is 0.643. The molecule has 0 bridgehead atoms. The highest BCUT2D eigenvalue weighted by molar-refractivity contribution is 5.62. The van der Waals surface area contributed by atoms with E-state index in [0.29, 0.717) is 37.8 Å². The van der Waals surface area contributed by atoms with E-state index in [1.807, 2.05) is 6.92 Å². The van der Waals surface area contributed by atoms with Crippen LogP contribution in [-0.4, -0.2) is 43.9 Å². The third-order valence-electron chi connectivity index (χ3n) is 6.64. The van der Waals surface area contributed by atoms with E-state index in [-0.39, 0.29) is 11.9 Å². The molecule has 1 aliphatic heterocycles. The molecule has 0 amide bonds. The summed E-state index contributed by atoms with van der Waals surface area (Å²) in [4.78, 5) is 15.0. The topological polar surface area (TPSA) is 114 Å². The SMILES string of the molecule is CC(C)[C@@](C)(c1ccc(-c2cnc(N)nc2)cc1)c1noc(N2CCC(C)(O)CC2)n1. The summed E-state index contributed by atoms with van der Waals surface area (Å²) in [6.45, 7) is 9.75. The number of nitrogen functional groups attached to an aromatic ring is 1. The van der Waals surface area contributed by atoms with Crippen LogP contribution in [0, 0.1) is 5.92 Å². The van der Waals surface area contributed by atoms with Crippen LogP contribution in [0.4, 0.5) is 12.0 Å². The van der Waals surface area contributed by atoms with E-state index in [4.69, 9.17) is 15.2 Å². The number of nitrogens with two attached hydrogens (primary N) is 1. The zero-order valence-electron chi connectivity index (χ0n) is 18.5. The molecule has 0 aliphatic carbocycles. The van der Waals surface area contributed by atoms with Crippen molar-refractivity contribution >= 4 is 12.0 Å². The third-order valence-corrected chi connectivity index (χ3v) is 6.64. The number of nitrogens with zero attached hydrogens (tertiary/aromatic N) is 5. The van der Waals surface area contributed by atoms with Crippen LogP contribution in [0.1, 0.15) is 51.9 Å². The molecule has 164 valence electrons. The van der Waals surface area contributed by atoms with Gasteiger partial charge in [-0.3, -0.25) is 0 Å². The first kappa shape index (κ1) is 21.2. The highest BCUT2D eigenvalue weighted by Crippen LogP contribution is 2.39. The molecule has 8 nitrogen and oxygen atoms in total. The Hall–Kier alpha value is -3.00. The first-order chi connectivity index (χ1) is 14.7. The van der Waals surface area contributed by atoms with Gasteiger partial charge < -0.3 is 20.3 Å². The van der Waals surface area contributed by atoms with Crippen LogP contribution >= 0.6 is 0 Å². The number of aliphatic hydroxyl groups is 1. The molecular weight excluding hydrogens is 392 g/mol. The molecule has 8 heteroatoms. The first-order valence-corrected chi connectivity index (χ1v) is 10.7. The summed E-state index contributed by atoms with van der Waals surface area (Å²) >= 11 is 0. The van der Waals surface area contributed by atoms with Gasteiger partial charge in [0.2, 0.25) is 5.95 Å². The summed E-state index contributed by atoms with van der Waals surface area (Å²) in [6.07, 6.45) is 4.81. The van der Waals surface area contributed by atoms with Gasteiger partial charge in [-0.1, -0.05) is 43.3 Å². The smallest absolute Gasteiger partial charge is 0.324 e.